The number of piperidine rings is 1. The van der Waals surface area contributed by atoms with Crippen LogP contribution < -0.4 is 10.6 Å². The molecule has 4 nitrogen and oxygen atoms in total. The standard InChI is InChI=1S/C17H28N4/c1-3-21-12-8-7-11-16(21)14-20-17(18-2)19-13-15-9-5-4-6-10-15/h4-6,9-10,16H,3,7-8,11-14H2,1-2H3,(H2,18,19,20). The third kappa shape index (κ3) is 5.05. The van der Waals surface area contributed by atoms with Gasteiger partial charge < -0.3 is 10.6 Å². The topological polar surface area (TPSA) is 39.7 Å². The molecule has 1 unspecified atom stereocenters. The number of nitrogens with zero attached hydrogens (tertiary/aromatic N) is 2. The van der Waals surface area contributed by atoms with Gasteiger partial charge in [0.1, 0.15) is 0 Å². The number of rotatable bonds is 5. The number of aliphatic imine (C=N–C) groups is 1. The van der Waals surface area contributed by atoms with Crippen LogP contribution in [-0.4, -0.2) is 43.6 Å². The third-order valence-electron chi connectivity index (χ3n) is 4.19. The first-order chi connectivity index (χ1) is 10.3. The van der Waals surface area contributed by atoms with Gasteiger partial charge in [-0.2, -0.15) is 0 Å². The zero-order valence-corrected chi connectivity index (χ0v) is 13.3. The smallest absolute Gasteiger partial charge is 0.191 e. The Kier molecular flexibility index (Phi) is 6.54. The van der Waals surface area contributed by atoms with Crippen molar-refractivity contribution in [3.63, 3.8) is 0 Å². The number of hydrogen-bond donors (Lipinski definition) is 2. The number of guanidine groups is 1. The minimum Gasteiger partial charge on any atom is -0.355 e. The predicted molar refractivity (Wildman–Crippen MR) is 89.5 cm³/mol. The summed E-state index contributed by atoms with van der Waals surface area (Å²) in [7, 11) is 1.83. The summed E-state index contributed by atoms with van der Waals surface area (Å²) in [6.45, 7) is 6.41. The number of likely N-dealkylation sites (N-methyl/N-ethyl adjacent to an activating group) is 1. The lowest BCUT2D eigenvalue weighted by Gasteiger charge is -2.35. The van der Waals surface area contributed by atoms with Crippen molar-refractivity contribution >= 4 is 5.96 Å². The second-order valence-corrected chi connectivity index (χ2v) is 5.57. The molecule has 1 aliphatic heterocycles. The molecule has 1 fully saturated rings. The molecule has 0 saturated carbocycles. The Labute approximate surface area is 128 Å². The summed E-state index contributed by atoms with van der Waals surface area (Å²) in [5.41, 5.74) is 1.27. The molecule has 2 rings (SSSR count). The number of hydrogen-bond acceptors (Lipinski definition) is 2. The van der Waals surface area contributed by atoms with Crippen LogP contribution in [-0.2, 0) is 6.54 Å². The van der Waals surface area contributed by atoms with E-state index in [-0.39, 0.29) is 0 Å². The summed E-state index contributed by atoms with van der Waals surface area (Å²) in [5, 5.41) is 6.85. The van der Waals surface area contributed by atoms with Crippen LogP contribution in [0.15, 0.2) is 35.3 Å². The van der Waals surface area contributed by atoms with Crippen molar-refractivity contribution in [3.05, 3.63) is 35.9 Å². The third-order valence-corrected chi connectivity index (χ3v) is 4.19. The van der Waals surface area contributed by atoms with Crippen LogP contribution in [0.4, 0.5) is 0 Å². The Balaban J connectivity index is 1.77. The quantitative estimate of drug-likeness (QED) is 0.645. The molecule has 0 aliphatic carbocycles. The lowest BCUT2D eigenvalue weighted by Crippen LogP contribution is -2.48. The Bertz CT molecular complexity index is 430. The minimum atomic E-state index is 0.638. The van der Waals surface area contributed by atoms with Crippen molar-refractivity contribution < 1.29 is 0 Å². The van der Waals surface area contributed by atoms with Gasteiger partial charge >= 0.3 is 0 Å². The Morgan fingerprint density at radius 1 is 1.24 bits per heavy atom. The summed E-state index contributed by atoms with van der Waals surface area (Å²) in [4.78, 5) is 6.88. The van der Waals surface area contributed by atoms with E-state index in [1.165, 1.54) is 31.4 Å². The fraction of sp³-hybridized carbons (Fsp3) is 0.588. The van der Waals surface area contributed by atoms with Crippen LogP contribution in [0, 0.1) is 0 Å². The van der Waals surface area contributed by atoms with Crippen LogP contribution in [0.5, 0.6) is 0 Å². The second kappa shape index (κ2) is 8.67. The molecule has 0 spiro atoms. The summed E-state index contributed by atoms with van der Waals surface area (Å²) < 4.78 is 0. The van der Waals surface area contributed by atoms with Gasteiger partial charge in [0.25, 0.3) is 0 Å². The highest BCUT2D eigenvalue weighted by Gasteiger charge is 2.20. The number of nitrogens with one attached hydrogen (secondary N) is 2. The summed E-state index contributed by atoms with van der Waals surface area (Å²) >= 11 is 0. The van der Waals surface area contributed by atoms with E-state index in [4.69, 9.17) is 0 Å². The summed E-state index contributed by atoms with van der Waals surface area (Å²) in [6, 6.07) is 11.1. The molecule has 116 valence electrons. The van der Waals surface area contributed by atoms with Gasteiger partial charge in [-0.1, -0.05) is 43.7 Å². The molecule has 0 amide bonds. The Morgan fingerprint density at radius 2 is 2.05 bits per heavy atom. The lowest BCUT2D eigenvalue weighted by molar-refractivity contribution is 0.157. The SMILES string of the molecule is CCN1CCCCC1CNC(=NC)NCc1ccccc1. The van der Waals surface area contributed by atoms with Crippen LogP contribution >= 0.6 is 0 Å². The number of likely N-dealkylation sites (tertiary alicyclic amines) is 1. The molecule has 1 aromatic rings. The van der Waals surface area contributed by atoms with Crippen molar-refractivity contribution in [2.24, 2.45) is 4.99 Å². The molecule has 1 atom stereocenters. The van der Waals surface area contributed by atoms with Crippen molar-refractivity contribution in [3.8, 4) is 0 Å². The Hall–Kier alpha value is -1.55. The van der Waals surface area contributed by atoms with E-state index in [0.717, 1.165) is 25.6 Å². The molecule has 4 heteroatoms. The maximum absolute atomic E-state index is 4.31. The normalized spacial score (nSPS) is 20.3. The van der Waals surface area contributed by atoms with Gasteiger partial charge in [-0.25, -0.2) is 0 Å². The largest absolute Gasteiger partial charge is 0.355 e. The highest BCUT2D eigenvalue weighted by atomic mass is 15.2. The van der Waals surface area contributed by atoms with Crippen LogP contribution in [0.25, 0.3) is 0 Å². The van der Waals surface area contributed by atoms with E-state index in [1.807, 2.05) is 13.1 Å². The highest BCUT2D eigenvalue weighted by molar-refractivity contribution is 5.79. The van der Waals surface area contributed by atoms with Gasteiger partial charge in [-0.15, -0.1) is 0 Å². The van der Waals surface area contributed by atoms with Gasteiger partial charge in [0.15, 0.2) is 5.96 Å². The van der Waals surface area contributed by atoms with Gasteiger partial charge in [-0.05, 0) is 31.5 Å². The molecule has 0 radical (unpaired) electrons. The molecule has 1 heterocycles. The van der Waals surface area contributed by atoms with E-state index in [0.29, 0.717) is 6.04 Å². The molecule has 1 saturated heterocycles. The molecule has 21 heavy (non-hydrogen) atoms. The van der Waals surface area contributed by atoms with E-state index < -0.39 is 0 Å². The first-order valence-corrected chi connectivity index (χ1v) is 8.06. The van der Waals surface area contributed by atoms with Gasteiger partial charge in [0.05, 0.1) is 0 Å². The summed E-state index contributed by atoms with van der Waals surface area (Å²) in [5.74, 6) is 0.889. The molecule has 0 aromatic heterocycles. The fourth-order valence-electron chi connectivity index (χ4n) is 2.92. The van der Waals surface area contributed by atoms with Crippen molar-refractivity contribution in [1.29, 1.82) is 0 Å². The molecular formula is C17H28N4. The highest BCUT2D eigenvalue weighted by Crippen LogP contribution is 2.15. The Morgan fingerprint density at radius 3 is 2.76 bits per heavy atom. The van der Waals surface area contributed by atoms with Crippen molar-refractivity contribution in [2.75, 3.05) is 26.7 Å². The van der Waals surface area contributed by atoms with E-state index in [2.05, 4.69) is 51.7 Å². The first kappa shape index (κ1) is 15.8. The van der Waals surface area contributed by atoms with Crippen molar-refractivity contribution in [2.45, 2.75) is 38.8 Å². The molecular weight excluding hydrogens is 260 g/mol. The maximum atomic E-state index is 4.31. The lowest BCUT2D eigenvalue weighted by atomic mass is 10.0. The van der Waals surface area contributed by atoms with Crippen LogP contribution in [0.3, 0.4) is 0 Å². The molecule has 2 N–H and O–H groups in total. The molecule has 0 bridgehead atoms. The van der Waals surface area contributed by atoms with Crippen LogP contribution in [0.2, 0.25) is 0 Å². The predicted octanol–water partition coefficient (Wildman–Crippen LogP) is 2.23. The molecule has 1 aromatic carbocycles. The van der Waals surface area contributed by atoms with Gasteiger partial charge in [0, 0.05) is 26.2 Å². The molecule has 1 aliphatic rings. The van der Waals surface area contributed by atoms with E-state index >= 15 is 0 Å². The zero-order valence-electron chi connectivity index (χ0n) is 13.3. The second-order valence-electron chi connectivity index (χ2n) is 5.57. The monoisotopic (exact) mass is 288 g/mol. The zero-order chi connectivity index (χ0) is 14.9. The summed E-state index contributed by atoms with van der Waals surface area (Å²) in [6.07, 6.45) is 3.97. The average molecular weight is 288 g/mol. The average Bonchev–Trinajstić information content (AvgIpc) is 2.56. The first-order valence-electron chi connectivity index (χ1n) is 8.06. The number of benzene rings is 1. The van der Waals surface area contributed by atoms with E-state index in [1.54, 1.807) is 0 Å². The van der Waals surface area contributed by atoms with E-state index in [9.17, 15) is 0 Å². The van der Waals surface area contributed by atoms with Gasteiger partial charge in [0.2, 0.25) is 0 Å². The minimum absolute atomic E-state index is 0.638. The van der Waals surface area contributed by atoms with Crippen LogP contribution in [0.1, 0.15) is 31.7 Å². The van der Waals surface area contributed by atoms with Gasteiger partial charge in [-0.3, -0.25) is 9.89 Å². The van der Waals surface area contributed by atoms with Crippen molar-refractivity contribution in [1.82, 2.24) is 15.5 Å². The maximum Gasteiger partial charge on any atom is 0.191 e. The fourth-order valence-corrected chi connectivity index (χ4v) is 2.92.